The molecule has 0 aromatic heterocycles. The van der Waals surface area contributed by atoms with Gasteiger partial charge in [-0.1, -0.05) is 78.0 Å². The number of ether oxygens (including phenoxy) is 1. The van der Waals surface area contributed by atoms with Crippen LogP contribution in [0.1, 0.15) is 79.1 Å². The van der Waals surface area contributed by atoms with Gasteiger partial charge in [0.05, 0.1) is 18.0 Å². The van der Waals surface area contributed by atoms with Crippen molar-refractivity contribution in [3.8, 4) is 0 Å². The van der Waals surface area contributed by atoms with Gasteiger partial charge < -0.3 is 10.5 Å². The van der Waals surface area contributed by atoms with Crippen LogP contribution in [0, 0.1) is 5.41 Å². The number of nitrogen functional groups attached to an aromatic ring is 1. The Kier molecular flexibility index (Phi) is 9.89. The quantitative estimate of drug-likeness (QED) is 0.185. The second-order valence-electron chi connectivity index (χ2n) is 9.40. The van der Waals surface area contributed by atoms with E-state index in [0.717, 1.165) is 18.4 Å². The summed E-state index contributed by atoms with van der Waals surface area (Å²) in [5.74, 6) is -0.303. The molecule has 0 saturated heterocycles. The molecule has 0 spiro atoms. The molecule has 2 N–H and O–H groups in total. The summed E-state index contributed by atoms with van der Waals surface area (Å²) in [6.45, 7) is 8.69. The van der Waals surface area contributed by atoms with E-state index in [-0.39, 0.29) is 23.6 Å². The number of nitrogens with zero attached hydrogens (tertiary/aromatic N) is 1. The molecule has 0 saturated carbocycles. The average Bonchev–Trinajstić information content (AvgIpc) is 2.74. The lowest BCUT2D eigenvalue weighted by atomic mass is 9.78. The maximum atomic E-state index is 13.1. The van der Waals surface area contributed by atoms with Crippen LogP contribution >= 0.6 is 0 Å². The highest BCUT2D eigenvalue weighted by molar-refractivity contribution is 6.51. The van der Waals surface area contributed by atoms with Crippen molar-refractivity contribution in [1.82, 2.24) is 0 Å². The predicted octanol–water partition coefficient (Wildman–Crippen LogP) is 6.51. The standard InChI is InChI=1S/C27H38N2O3/c1-5-6-7-8-9-12-17-32-25(30)16-15-20-18-21(27(2,3)4)26(31)24(19-20)29-23-14-11-10-13-22(23)28/h10-11,13-14,18-19H,5-9,12,15-17,28H2,1-4H3. The van der Waals surface area contributed by atoms with E-state index < -0.39 is 0 Å². The molecule has 0 bridgehead atoms. The van der Waals surface area contributed by atoms with Gasteiger partial charge in [-0.3, -0.25) is 9.59 Å². The number of esters is 1. The third-order valence-corrected chi connectivity index (χ3v) is 5.49. The number of Topliss-reactive ketones (excluding diaryl/α,β-unsaturated/α-hetero) is 1. The number of anilines is 1. The van der Waals surface area contributed by atoms with Crippen molar-refractivity contribution in [1.29, 1.82) is 0 Å². The van der Waals surface area contributed by atoms with Crippen LogP contribution in [0.3, 0.4) is 0 Å². The van der Waals surface area contributed by atoms with Gasteiger partial charge in [0.2, 0.25) is 5.78 Å². The zero-order valence-corrected chi connectivity index (χ0v) is 20.1. The molecular weight excluding hydrogens is 400 g/mol. The van der Waals surface area contributed by atoms with Gasteiger partial charge in [0.25, 0.3) is 0 Å². The molecule has 1 aromatic carbocycles. The van der Waals surface area contributed by atoms with E-state index in [2.05, 4.69) is 11.9 Å². The van der Waals surface area contributed by atoms with Crippen molar-refractivity contribution >= 4 is 28.8 Å². The third-order valence-electron chi connectivity index (χ3n) is 5.49. The highest BCUT2D eigenvalue weighted by Crippen LogP contribution is 2.32. The number of carbonyl (C=O) groups is 2. The Bertz CT molecular complexity index is 888. The predicted molar refractivity (Wildman–Crippen MR) is 132 cm³/mol. The van der Waals surface area contributed by atoms with E-state index in [9.17, 15) is 9.59 Å². The van der Waals surface area contributed by atoms with E-state index in [1.54, 1.807) is 18.2 Å². The first-order valence-corrected chi connectivity index (χ1v) is 11.8. The summed E-state index contributed by atoms with van der Waals surface area (Å²) in [7, 11) is 0. The van der Waals surface area contributed by atoms with Gasteiger partial charge in [-0.2, -0.15) is 0 Å². The smallest absolute Gasteiger partial charge is 0.306 e. The fourth-order valence-electron chi connectivity index (χ4n) is 3.56. The first kappa shape index (κ1) is 25.6. The molecule has 32 heavy (non-hydrogen) atoms. The number of nitrogens with two attached hydrogens (primary N) is 1. The van der Waals surface area contributed by atoms with Crippen LogP contribution < -0.4 is 5.73 Å². The SMILES string of the molecule is CCCCCCCCOC(=O)CCC1=CC(=Nc2ccccc2N)C(=O)C(C(C)(C)C)=C1. The topological polar surface area (TPSA) is 81.8 Å². The van der Waals surface area contributed by atoms with E-state index in [1.807, 2.05) is 39.0 Å². The molecule has 1 aliphatic carbocycles. The van der Waals surface area contributed by atoms with Crippen LogP contribution in [0.15, 0.2) is 52.6 Å². The van der Waals surface area contributed by atoms with Crippen LogP contribution in [0.4, 0.5) is 11.4 Å². The molecule has 0 aliphatic heterocycles. The molecule has 5 nitrogen and oxygen atoms in total. The fraction of sp³-hybridized carbons (Fsp3) is 0.519. The number of carbonyl (C=O) groups excluding carboxylic acids is 2. The molecule has 0 unspecified atom stereocenters. The molecule has 0 amide bonds. The number of ketones is 1. The number of allylic oxidation sites excluding steroid dienone is 4. The lowest BCUT2D eigenvalue weighted by Gasteiger charge is -2.25. The summed E-state index contributed by atoms with van der Waals surface area (Å²) in [6.07, 6.45) is 11.4. The normalized spacial score (nSPS) is 15.5. The molecule has 0 atom stereocenters. The lowest BCUT2D eigenvalue weighted by Crippen LogP contribution is -2.27. The molecule has 1 aliphatic rings. The number of benzene rings is 1. The van der Waals surface area contributed by atoms with Crippen molar-refractivity contribution in [3.63, 3.8) is 0 Å². The largest absolute Gasteiger partial charge is 0.466 e. The lowest BCUT2D eigenvalue weighted by molar-refractivity contribution is -0.143. The Hall–Kier alpha value is -2.69. The van der Waals surface area contributed by atoms with Crippen molar-refractivity contribution in [2.24, 2.45) is 10.4 Å². The summed E-state index contributed by atoms with van der Waals surface area (Å²) in [5.41, 5.74) is 8.71. The summed E-state index contributed by atoms with van der Waals surface area (Å²) < 4.78 is 5.39. The summed E-state index contributed by atoms with van der Waals surface area (Å²) in [5, 5.41) is 0. The molecule has 0 radical (unpaired) electrons. The molecule has 0 fully saturated rings. The van der Waals surface area contributed by atoms with Crippen LogP contribution in [0.2, 0.25) is 0 Å². The number of unbranched alkanes of at least 4 members (excludes halogenated alkanes) is 5. The van der Waals surface area contributed by atoms with Crippen molar-refractivity contribution < 1.29 is 14.3 Å². The van der Waals surface area contributed by atoms with Gasteiger partial charge in [0, 0.05) is 12.0 Å². The van der Waals surface area contributed by atoms with Gasteiger partial charge in [0.1, 0.15) is 5.71 Å². The minimum Gasteiger partial charge on any atom is -0.466 e. The van der Waals surface area contributed by atoms with Gasteiger partial charge >= 0.3 is 5.97 Å². The molecule has 0 heterocycles. The molecule has 174 valence electrons. The highest BCUT2D eigenvalue weighted by Gasteiger charge is 2.29. The van der Waals surface area contributed by atoms with Crippen LogP contribution in [-0.2, 0) is 14.3 Å². The van der Waals surface area contributed by atoms with E-state index in [4.69, 9.17) is 10.5 Å². The second-order valence-corrected chi connectivity index (χ2v) is 9.40. The van der Waals surface area contributed by atoms with Crippen LogP contribution in [-0.4, -0.2) is 24.1 Å². The maximum Gasteiger partial charge on any atom is 0.306 e. The summed E-state index contributed by atoms with van der Waals surface area (Å²) in [6, 6.07) is 7.23. The van der Waals surface area contributed by atoms with E-state index in [1.165, 1.54) is 25.7 Å². The van der Waals surface area contributed by atoms with Crippen molar-refractivity contribution in [2.45, 2.75) is 79.1 Å². The number of rotatable bonds is 11. The number of hydrogen-bond donors (Lipinski definition) is 1. The second kappa shape index (κ2) is 12.4. The first-order valence-electron chi connectivity index (χ1n) is 11.8. The Morgan fingerprint density at radius 2 is 1.72 bits per heavy atom. The van der Waals surface area contributed by atoms with Gasteiger partial charge in [-0.25, -0.2) is 4.99 Å². The molecule has 5 heteroatoms. The Morgan fingerprint density at radius 1 is 1.03 bits per heavy atom. The van der Waals surface area contributed by atoms with Crippen molar-refractivity contribution in [2.75, 3.05) is 12.3 Å². The van der Waals surface area contributed by atoms with Crippen LogP contribution in [0.25, 0.3) is 0 Å². The Morgan fingerprint density at radius 3 is 2.41 bits per heavy atom. The first-order chi connectivity index (χ1) is 15.2. The fourth-order valence-corrected chi connectivity index (χ4v) is 3.56. The zero-order valence-electron chi connectivity index (χ0n) is 20.1. The number of aliphatic imine (C=N–C) groups is 1. The maximum absolute atomic E-state index is 13.1. The molecule has 1 aromatic rings. The van der Waals surface area contributed by atoms with Gasteiger partial charge in [-0.05, 0) is 42.0 Å². The average molecular weight is 439 g/mol. The minimum atomic E-state index is -0.335. The van der Waals surface area contributed by atoms with Crippen molar-refractivity contribution in [3.05, 3.63) is 47.6 Å². The number of para-hydroxylation sites is 2. The van der Waals surface area contributed by atoms with Gasteiger partial charge in [0.15, 0.2) is 0 Å². The van der Waals surface area contributed by atoms with Gasteiger partial charge in [-0.15, -0.1) is 0 Å². The van der Waals surface area contributed by atoms with E-state index >= 15 is 0 Å². The Balaban J connectivity index is 2.02. The zero-order chi connectivity index (χ0) is 23.6. The summed E-state index contributed by atoms with van der Waals surface area (Å²) in [4.78, 5) is 29.8. The monoisotopic (exact) mass is 438 g/mol. The minimum absolute atomic E-state index is 0.102. The summed E-state index contributed by atoms with van der Waals surface area (Å²) >= 11 is 0. The Labute approximate surface area is 192 Å². The highest BCUT2D eigenvalue weighted by atomic mass is 16.5. The van der Waals surface area contributed by atoms with Crippen LogP contribution in [0.5, 0.6) is 0 Å². The third kappa shape index (κ3) is 8.10. The molecular formula is C27H38N2O3. The number of hydrogen-bond acceptors (Lipinski definition) is 5. The van der Waals surface area contributed by atoms with E-state index in [0.29, 0.717) is 35.7 Å². The molecule has 2 rings (SSSR count).